The van der Waals surface area contributed by atoms with Crippen molar-refractivity contribution in [2.24, 2.45) is 0 Å². The summed E-state index contributed by atoms with van der Waals surface area (Å²) in [6, 6.07) is 0. The molecule has 0 aromatic heterocycles. The standard InChI is InChI=1S/C6H9N3O3S/c1-4(10)7-5-6(9(11)12)8(2)3-13-5/h3H2,1-2H3,(H,7,10). The van der Waals surface area contributed by atoms with Gasteiger partial charge in [0, 0.05) is 6.92 Å². The van der Waals surface area contributed by atoms with E-state index >= 15 is 0 Å². The van der Waals surface area contributed by atoms with E-state index in [4.69, 9.17) is 0 Å². The summed E-state index contributed by atoms with van der Waals surface area (Å²) in [5.41, 5.74) is 0. The molecule has 1 N–H and O–H groups in total. The monoisotopic (exact) mass is 203 g/mol. The van der Waals surface area contributed by atoms with E-state index in [0.717, 1.165) is 0 Å². The number of amides is 1. The van der Waals surface area contributed by atoms with Gasteiger partial charge in [0.2, 0.25) is 5.91 Å². The number of rotatable bonds is 2. The molecule has 13 heavy (non-hydrogen) atoms. The van der Waals surface area contributed by atoms with Crippen LogP contribution >= 0.6 is 11.8 Å². The summed E-state index contributed by atoms with van der Waals surface area (Å²) in [4.78, 5) is 22.2. The van der Waals surface area contributed by atoms with Crippen LogP contribution in [0.3, 0.4) is 0 Å². The summed E-state index contributed by atoms with van der Waals surface area (Å²) in [5.74, 6) is 0.156. The van der Waals surface area contributed by atoms with Gasteiger partial charge in [-0.25, -0.2) is 4.90 Å². The minimum absolute atomic E-state index is 0.0415. The maximum absolute atomic E-state index is 10.7. The van der Waals surface area contributed by atoms with E-state index in [1.54, 1.807) is 7.05 Å². The van der Waals surface area contributed by atoms with E-state index in [2.05, 4.69) is 5.32 Å². The van der Waals surface area contributed by atoms with Crippen molar-refractivity contribution >= 4 is 17.7 Å². The number of thioether (sulfide) groups is 1. The van der Waals surface area contributed by atoms with Crippen LogP contribution < -0.4 is 5.32 Å². The van der Waals surface area contributed by atoms with Crippen molar-refractivity contribution in [2.45, 2.75) is 6.92 Å². The van der Waals surface area contributed by atoms with Gasteiger partial charge in [-0.2, -0.15) is 0 Å². The average molecular weight is 203 g/mol. The summed E-state index contributed by atoms with van der Waals surface area (Å²) in [6.45, 7) is 1.32. The van der Waals surface area contributed by atoms with Gasteiger partial charge in [-0.15, -0.1) is 0 Å². The molecule has 1 aliphatic heterocycles. The molecular formula is C6H9N3O3S. The molecule has 6 nitrogen and oxygen atoms in total. The molecule has 0 unspecified atom stereocenters. The number of hydrogen-bond acceptors (Lipinski definition) is 5. The molecule has 0 bridgehead atoms. The highest BCUT2D eigenvalue weighted by Gasteiger charge is 2.31. The zero-order valence-corrected chi connectivity index (χ0v) is 8.05. The van der Waals surface area contributed by atoms with Crippen LogP contribution in [-0.2, 0) is 4.79 Å². The van der Waals surface area contributed by atoms with E-state index in [9.17, 15) is 14.9 Å². The molecule has 0 spiro atoms. The van der Waals surface area contributed by atoms with Crippen molar-refractivity contribution in [1.82, 2.24) is 10.2 Å². The van der Waals surface area contributed by atoms with E-state index < -0.39 is 4.92 Å². The normalized spacial score (nSPS) is 16.3. The van der Waals surface area contributed by atoms with Gasteiger partial charge in [-0.3, -0.25) is 4.79 Å². The Hall–Kier alpha value is -1.24. The molecule has 1 amide bonds. The van der Waals surface area contributed by atoms with Crippen LogP contribution in [0, 0.1) is 10.1 Å². The molecule has 7 heteroatoms. The molecule has 0 atom stereocenters. The first kappa shape index (κ1) is 9.85. The Labute approximate surface area is 79.1 Å². The topological polar surface area (TPSA) is 75.5 Å². The second-order valence-electron chi connectivity index (χ2n) is 2.56. The van der Waals surface area contributed by atoms with Gasteiger partial charge < -0.3 is 15.4 Å². The fraction of sp³-hybridized carbons (Fsp3) is 0.500. The summed E-state index contributed by atoms with van der Waals surface area (Å²) in [6.07, 6.45) is 0. The van der Waals surface area contributed by atoms with Gasteiger partial charge in [-0.05, 0) is 4.92 Å². The van der Waals surface area contributed by atoms with Crippen LogP contribution in [0.25, 0.3) is 0 Å². The molecule has 0 aromatic carbocycles. The van der Waals surface area contributed by atoms with Crippen molar-refractivity contribution in [3.63, 3.8) is 0 Å². The van der Waals surface area contributed by atoms with Gasteiger partial charge in [0.25, 0.3) is 0 Å². The first-order chi connectivity index (χ1) is 6.02. The molecule has 1 rings (SSSR count). The van der Waals surface area contributed by atoms with Crippen molar-refractivity contribution < 1.29 is 9.72 Å². The molecule has 0 fully saturated rings. The Balaban J connectivity index is 2.89. The average Bonchev–Trinajstić information content (AvgIpc) is 2.30. The summed E-state index contributed by atoms with van der Waals surface area (Å²) >= 11 is 1.25. The first-order valence-corrected chi connectivity index (χ1v) is 4.51. The lowest BCUT2D eigenvalue weighted by atomic mass is 10.6. The van der Waals surface area contributed by atoms with Gasteiger partial charge in [0.05, 0.1) is 7.05 Å². The van der Waals surface area contributed by atoms with Gasteiger partial charge in [-0.1, -0.05) is 11.8 Å². The molecule has 0 aliphatic carbocycles. The van der Waals surface area contributed by atoms with Crippen molar-refractivity contribution in [2.75, 3.05) is 12.9 Å². The highest BCUT2D eigenvalue weighted by atomic mass is 32.2. The third kappa shape index (κ3) is 2.11. The quantitative estimate of drug-likeness (QED) is 0.511. The lowest BCUT2D eigenvalue weighted by Gasteiger charge is -2.05. The zero-order chi connectivity index (χ0) is 10.0. The number of carbonyl (C=O) groups excluding carboxylic acids is 1. The van der Waals surface area contributed by atoms with Gasteiger partial charge in [0.1, 0.15) is 5.88 Å². The highest BCUT2D eigenvalue weighted by Crippen LogP contribution is 2.28. The van der Waals surface area contributed by atoms with E-state index in [0.29, 0.717) is 10.9 Å². The van der Waals surface area contributed by atoms with Gasteiger partial charge >= 0.3 is 5.82 Å². The number of nitro groups is 1. The van der Waals surface area contributed by atoms with E-state index in [1.807, 2.05) is 0 Å². The summed E-state index contributed by atoms with van der Waals surface area (Å²) < 4.78 is 0. The van der Waals surface area contributed by atoms with Crippen molar-refractivity contribution in [3.05, 3.63) is 21.0 Å². The third-order valence-electron chi connectivity index (χ3n) is 1.43. The zero-order valence-electron chi connectivity index (χ0n) is 7.23. The molecule has 0 saturated carbocycles. The third-order valence-corrected chi connectivity index (χ3v) is 2.52. The molecule has 1 aliphatic rings. The van der Waals surface area contributed by atoms with Crippen LogP contribution in [0.5, 0.6) is 0 Å². The smallest absolute Gasteiger partial charge is 0.349 e. The number of nitrogens with zero attached hydrogens (tertiary/aromatic N) is 2. The number of carbonyl (C=O) groups is 1. The second kappa shape index (κ2) is 3.65. The largest absolute Gasteiger partial charge is 0.358 e. The Morgan fingerprint density at radius 2 is 2.38 bits per heavy atom. The van der Waals surface area contributed by atoms with Crippen LogP contribution in [0.1, 0.15) is 6.92 Å². The predicted octanol–water partition coefficient (Wildman–Crippen LogP) is 0.162. The Morgan fingerprint density at radius 3 is 2.85 bits per heavy atom. The first-order valence-electron chi connectivity index (χ1n) is 3.52. The Bertz CT molecular complexity index is 289. The lowest BCUT2D eigenvalue weighted by molar-refractivity contribution is -0.444. The maximum atomic E-state index is 10.7. The molecule has 0 saturated heterocycles. The van der Waals surface area contributed by atoms with Crippen LogP contribution in [0.4, 0.5) is 0 Å². The van der Waals surface area contributed by atoms with E-state index in [-0.39, 0.29) is 11.7 Å². The van der Waals surface area contributed by atoms with Crippen LogP contribution in [-0.4, -0.2) is 28.7 Å². The Morgan fingerprint density at radius 1 is 1.77 bits per heavy atom. The SMILES string of the molecule is CC(=O)NC1=C([N+](=O)[O-])N(C)CS1. The number of hydrogen-bond donors (Lipinski definition) is 1. The molecule has 0 aromatic rings. The minimum atomic E-state index is -0.495. The van der Waals surface area contributed by atoms with Crippen LogP contribution in [0.2, 0.25) is 0 Å². The molecular weight excluding hydrogens is 194 g/mol. The van der Waals surface area contributed by atoms with Crippen molar-refractivity contribution in [1.29, 1.82) is 0 Å². The van der Waals surface area contributed by atoms with Gasteiger partial charge in [0.15, 0.2) is 5.03 Å². The fourth-order valence-electron chi connectivity index (χ4n) is 0.935. The molecule has 0 radical (unpaired) electrons. The lowest BCUT2D eigenvalue weighted by Crippen LogP contribution is -2.23. The van der Waals surface area contributed by atoms with E-state index in [1.165, 1.54) is 23.6 Å². The Kier molecular flexibility index (Phi) is 2.76. The minimum Gasteiger partial charge on any atom is -0.358 e. The summed E-state index contributed by atoms with van der Waals surface area (Å²) in [5, 5.41) is 13.3. The molecule has 1 heterocycles. The summed E-state index contributed by atoms with van der Waals surface area (Å²) in [7, 11) is 1.61. The molecule has 72 valence electrons. The second-order valence-corrected chi connectivity index (χ2v) is 3.52. The maximum Gasteiger partial charge on any atom is 0.349 e. The van der Waals surface area contributed by atoms with Crippen LogP contribution in [0.15, 0.2) is 10.9 Å². The predicted molar refractivity (Wildman–Crippen MR) is 48.1 cm³/mol. The number of nitrogens with one attached hydrogen (secondary N) is 1. The fourth-order valence-corrected chi connectivity index (χ4v) is 1.95. The highest BCUT2D eigenvalue weighted by molar-refractivity contribution is 8.03. The van der Waals surface area contributed by atoms with Crippen molar-refractivity contribution in [3.8, 4) is 0 Å².